The number of carbonyl (C=O) groups excluding carboxylic acids is 2. The summed E-state index contributed by atoms with van der Waals surface area (Å²) in [5.41, 5.74) is -6.03. The van der Waals surface area contributed by atoms with Crippen LogP contribution in [0.5, 0.6) is 5.75 Å². The van der Waals surface area contributed by atoms with Crippen molar-refractivity contribution in [1.29, 1.82) is 0 Å². The van der Waals surface area contributed by atoms with Crippen molar-refractivity contribution in [3.8, 4) is 5.75 Å². The second-order valence-electron chi connectivity index (χ2n) is 14.4. The third-order valence-electron chi connectivity index (χ3n) is 11.4. The number of rotatable bonds is 5. The summed E-state index contributed by atoms with van der Waals surface area (Å²) in [5.74, 6) is -2.82. The maximum atomic E-state index is 14.1. The summed E-state index contributed by atoms with van der Waals surface area (Å²) in [7, 11) is 0. The molecule has 12 heteroatoms. The summed E-state index contributed by atoms with van der Waals surface area (Å²) in [5, 5.41) is 69.8. The second-order valence-corrected chi connectivity index (χ2v) is 14.4. The molecule has 0 amide bonds. The topological polar surface area (TPSA) is 192 Å². The van der Waals surface area contributed by atoms with Gasteiger partial charge in [-0.1, -0.05) is 37.3 Å². The lowest BCUT2D eigenvalue weighted by atomic mass is 9.51. The van der Waals surface area contributed by atoms with Crippen LogP contribution in [0.3, 0.4) is 0 Å². The van der Waals surface area contributed by atoms with Crippen LogP contribution in [0.2, 0.25) is 0 Å². The number of benzene rings is 2. The molecule has 1 aliphatic heterocycles. The first-order chi connectivity index (χ1) is 22.5. The third-order valence-corrected chi connectivity index (χ3v) is 11.4. The van der Waals surface area contributed by atoms with Crippen LogP contribution in [-0.4, -0.2) is 97.0 Å². The lowest BCUT2D eigenvalue weighted by Crippen LogP contribution is -2.73. The minimum atomic E-state index is -1.83. The minimum absolute atomic E-state index is 0.00739. The molecule has 11 atom stereocenters. The van der Waals surface area contributed by atoms with Crippen LogP contribution in [0.15, 0.2) is 65.7 Å². The highest BCUT2D eigenvalue weighted by Crippen LogP contribution is 2.67. The second kappa shape index (κ2) is 11.9. The number of esters is 2. The van der Waals surface area contributed by atoms with Gasteiger partial charge in [0.25, 0.3) is 0 Å². The van der Waals surface area contributed by atoms with E-state index >= 15 is 0 Å². The number of phenols is 1. The van der Waals surface area contributed by atoms with E-state index in [2.05, 4.69) is 0 Å². The molecule has 3 aliphatic carbocycles. The van der Waals surface area contributed by atoms with Crippen LogP contribution in [-0.2, 0) is 23.7 Å². The highest BCUT2D eigenvalue weighted by Gasteiger charge is 2.77. The number of hydrogen-bond acceptors (Lipinski definition) is 12. The number of hydrogen-bond donors (Lipinski definition) is 6. The molecule has 6 N–H and O–H groups in total. The highest BCUT2D eigenvalue weighted by atomic mass is 16.7. The van der Waals surface area contributed by atoms with Gasteiger partial charge in [-0.15, -0.1) is 0 Å². The van der Waals surface area contributed by atoms with Gasteiger partial charge < -0.3 is 49.6 Å². The van der Waals surface area contributed by atoms with Gasteiger partial charge in [-0.25, -0.2) is 4.79 Å². The SMILES string of the molecule is CC(=O)O[C@H]1C[C@H](O)[C@]2(C)[C@H]([C@H](OC(=O)c3ccccc3)[C@]3(C(C)(C)O)C[C@H](O)C(C)=C3[C@@H](O)[C@@H]2O)[C@]12CO[C@H](c1ccc(O)cc1)O2. The average molecular weight is 669 g/mol. The van der Waals surface area contributed by atoms with Crippen molar-refractivity contribution in [2.24, 2.45) is 16.7 Å². The van der Waals surface area contributed by atoms with Crippen LogP contribution < -0.4 is 0 Å². The van der Waals surface area contributed by atoms with Gasteiger partial charge >= 0.3 is 11.9 Å². The van der Waals surface area contributed by atoms with Crippen molar-refractivity contribution in [3.05, 3.63) is 76.9 Å². The number of aliphatic hydroxyl groups excluding tert-OH is 4. The molecule has 2 aromatic carbocycles. The van der Waals surface area contributed by atoms with E-state index in [1.165, 1.54) is 32.9 Å². The van der Waals surface area contributed by atoms with Gasteiger partial charge in [-0.3, -0.25) is 4.79 Å². The molecule has 0 bridgehead atoms. The minimum Gasteiger partial charge on any atom is -0.508 e. The summed E-state index contributed by atoms with van der Waals surface area (Å²) in [6.07, 6.45) is -10.4. The van der Waals surface area contributed by atoms with Gasteiger partial charge in [0.05, 0.1) is 41.5 Å². The van der Waals surface area contributed by atoms with E-state index in [1.807, 2.05) is 0 Å². The Morgan fingerprint density at radius 2 is 1.62 bits per heavy atom. The van der Waals surface area contributed by atoms with Gasteiger partial charge in [0.2, 0.25) is 0 Å². The molecule has 3 fully saturated rings. The molecule has 2 saturated carbocycles. The molecule has 260 valence electrons. The smallest absolute Gasteiger partial charge is 0.338 e. The summed E-state index contributed by atoms with van der Waals surface area (Å²) < 4.78 is 25.4. The Bertz CT molecular complexity index is 1580. The lowest BCUT2D eigenvalue weighted by molar-refractivity contribution is -0.286. The molecule has 48 heavy (non-hydrogen) atoms. The Morgan fingerprint density at radius 1 is 0.979 bits per heavy atom. The Morgan fingerprint density at radius 3 is 2.23 bits per heavy atom. The fourth-order valence-electron chi connectivity index (χ4n) is 9.00. The molecule has 4 aliphatic rings. The van der Waals surface area contributed by atoms with E-state index in [1.54, 1.807) is 56.3 Å². The number of aliphatic hydroxyl groups is 5. The molecule has 2 aromatic rings. The van der Waals surface area contributed by atoms with Crippen LogP contribution in [0.25, 0.3) is 0 Å². The van der Waals surface area contributed by atoms with Crippen LogP contribution in [0.4, 0.5) is 0 Å². The molecule has 6 rings (SSSR count). The molecule has 1 heterocycles. The summed E-state index contributed by atoms with van der Waals surface area (Å²) in [6.45, 7) is 7.01. The predicted molar refractivity (Wildman–Crippen MR) is 168 cm³/mol. The van der Waals surface area contributed by atoms with Gasteiger partial charge in [0.1, 0.15) is 29.7 Å². The highest BCUT2D eigenvalue weighted by molar-refractivity contribution is 5.89. The van der Waals surface area contributed by atoms with Crippen molar-refractivity contribution in [2.45, 2.75) is 102 Å². The number of phenolic OH excluding ortho intramolecular Hbond substituents is 1. The first kappa shape index (κ1) is 34.5. The first-order valence-corrected chi connectivity index (χ1v) is 16.2. The fraction of sp³-hybridized carbons (Fsp3) is 0.556. The third kappa shape index (κ3) is 5.00. The molecule has 0 unspecified atom stereocenters. The Balaban J connectivity index is 1.65. The molecular weight excluding hydrogens is 624 g/mol. The maximum absolute atomic E-state index is 14.1. The molecule has 0 radical (unpaired) electrons. The van der Waals surface area contributed by atoms with Crippen LogP contribution >= 0.6 is 0 Å². The normalized spacial score (nSPS) is 39.5. The van der Waals surface area contributed by atoms with Crippen molar-refractivity contribution in [3.63, 3.8) is 0 Å². The zero-order chi connectivity index (χ0) is 35.0. The number of fused-ring (bicyclic) bond motifs is 3. The van der Waals surface area contributed by atoms with Gasteiger partial charge in [-0.2, -0.15) is 0 Å². The van der Waals surface area contributed by atoms with Crippen molar-refractivity contribution >= 4 is 11.9 Å². The van der Waals surface area contributed by atoms with Crippen molar-refractivity contribution < 1.29 is 59.2 Å². The Labute approximate surface area is 278 Å². The van der Waals surface area contributed by atoms with Crippen LogP contribution in [0.1, 0.15) is 69.7 Å². The van der Waals surface area contributed by atoms with E-state index in [0.29, 0.717) is 5.56 Å². The standard InChI is InChI=1S/C36H44O12/c1-18-23(39)16-35(33(3,4)44)26(18)27(41)29(42)34(5)24(40)15-25(46-19(2)37)36(17-45-32(48-36)21-11-13-22(38)14-12-21)28(34)30(35)47-31(43)20-9-7-6-8-10-20/h6-14,23-25,27-30,32,38-42,44H,15-17H2,1-5H3/t23-,24-,25-,27+,28-,29-,30-,32-,34+,35-,36-/m0/s1. The van der Waals surface area contributed by atoms with Gasteiger partial charge in [-0.05, 0) is 62.6 Å². The number of ether oxygens (including phenoxy) is 4. The summed E-state index contributed by atoms with van der Waals surface area (Å²) in [6, 6.07) is 14.2. The average Bonchev–Trinajstić information content (AvgIpc) is 3.57. The monoisotopic (exact) mass is 668 g/mol. The van der Waals surface area contributed by atoms with Gasteiger partial charge in [0, 0.05) is 30.2 Å². The molecule has 12 nitrogen and oxygen atoms in total. The van der Waals surface area contributed by atoms with E-state index in [9.17, 15) is 40.2 Å². The van der Waals surface area contributed by atoms with Crippen LogP contribution in [0, 0.1) is 16.7 Å². The molecular formula is C36H44O12. The Hall–Kier alpha value is -3.36. The zero-order valence-electron chi connectivity index (χ0n) is 27.6. The molecule has 1 spiro atoms. The Kier molecular flexibility index (Phi) is 8.56. The summed E-state index contributed by atoms with van der Waals surface area (Å²) >= 11 is 0. The van der Waals surface area contributed by atoms with E-state index in [4.69, 9.17) is 18.9 Å². The number of aromatic hydroxyl groups is 1. The fourth-order valence-corrected chi connectivity index (χ4v) is 9.00. The summed E-state index contributed by atoms with van der Waals surface area (Å²) in [4.78, 5) is 26.7. The predicted octanol–water partition coefficient (Wildman–Crippen LogP) is 2.29. The first-order valence-electron chi connectivity index (χ1n) is 16.2. The van der Waals surface area contributed by atoms with E-state index < -0.39 is 82.8 Å². The van der Waals surface area contributed by atoms with E-state index in [-0.39, 0.29) is 41.9 Å². The quantitative estimate of drug-likeness (QED) is 0.202. The number of carbonyl (C=O) groups is 2. The zero-order valence-corrected chi connectivity index (χ0v) is 27.6. The van der Waals surface area contributed by atoms with Gasteiger partial charge in [0.15, 0.2) is 6.29 Å². The van der Waals surface area contributed by atoms with Crippen molar-refractivity contribution in [2.75, 3.05) is 6.61 Å². The maximum Gasteiger partial charge on any atom is 0.338 e. The lowest BCUT2D eigenvalue weighted by Gasteiger charge is -2.60. The van der Waals surface area contributed by atoms with E-state index in [0.717, 1.165) is 0 Å². The van der Waals surface area contributed by atoms with Crippen molar-refractivity contribution in [1.82, 2.24) is 0 Å². The molecule has 1 saturated heterocycles. The molecule has 0 aromatic heterocycles. The largest absolute Gasteiger partial charge is 0.508 e.